The van der Waals surface area contributed by atoms with E-state index in [-0.39, 0.29) is 22.5 Å². The highest BCUT2D eigenvalue weighted by Gasteiger charge is 2.19. The summed E-state index contributed by atoms with van der Waals surface area (Å²) in [6.07, 6.45) is 2.44. The summed E-state index contributed by atoms with van der Waals surface area (Å²) in [5.41, 5.74) is 0.805. The van der Waals surface area contributed by atoms with Gasteiger partial charge in [-0.15, -0.1) is 0 Å². The van der Waals surface area contributed by atoms with E-state index in [0.717, 1.165) is 12.1 Å². The van der Waals surface area contributed by atoms with Crippen molar-refractivity contribution in [1.82, 2.24) is 0 Å². The Hall–Kier alpha value is -4.62. The molecule has 0 aliphatic heterocycles. The summed E-state index contributed by atoms with van der Waals surface area (Å²) in [4.78, 5) is 23.8. The van der Waals surface area contributed by atoms with Crippen LogP contribution in [0.1, 0.15) is 31.8 Å². The molecule has 0 fully saturated rings. The Morgan fingerprint density at radius 2 is 0.900 bits per heavy atom. The van der Waals surface area contributed by atoms with Gasteiger partial charge in [0, 0.05) is 22.5 Å². The lowest BCUT2D eigenvalue weighted by Crippen LogP contribution is -2.12. The number of rotatable bonds is 8. The molecule has 0 atom stereocenters. The minimum Gasteiger partial charge on any atom is -0.322 e. The Labute approximate surface area is 230 Å². The summed E-state index contributed by atoms with van der Waals surface area (Å²) in [5, 5.41) is 5.10. The van der Waals surface area contributed by atoms with Crippen molar-refractivity contribution in [3.8, 4) is 0 Å². The van der Waals surface area contributed by atoms with Gasteiger partial charge in [-0.1, -0.05) is 60.7 Å². The monoisotopic (exact) mass is 578 g/mol. The predicted molar refractivity (Wildman–Crippen MR) is 150 cm³/mol. The summed E-state index contributed by atoms with van der Waals surface area (Å²) < 4.78 is 68.0. The molecule has 4 aromatic rings. The minimum atomic E-state index is -4.76. The van der Waals surface area contributed by atoms with Crippen molar-refractivity contribution >= 4 is 55.6 Å². The quantitative estimate of drug-likeness (QED) is 0.170. The Kier molecular flexibility index (Phi) is 8.26. The van der Waals surface area contributed by atoms with Crippen molar-refractivity contribution in [3.05, 3.63) is 119 Å². The Balaban J connectivity index is 1.64. The second-order valence-corrected chi connectivity index (χ2v) is 11.2. The molecule has 0 radical (unpaired) electrons. The van der Waals surface area contributed by atoms with Crippen LogP contribution in [-0.4, -0.2) is 37.8 Å². The molecule has 0 aliphatic carbocycles. The summed E-state index contributed by atoms with van der Waals surface area (Å²) >= 11 is 0. The lowest BCUT2D eigenvalue weighted by atomic mass is 10.1. The van der Waals surface area contributed by atoms with E-state index >= 15 is 0 Å². The largest absolute Gasteiger partial charge is 0.322 e. The van der Waals surface area contributed by atoms with Gasteiger partial charge in [0.15, 0.2) is 0 Å². The zero-order valence-corrected chi connectivity index (χ0v) is 22.2. The first kappa shape index (κ1) is 28.4. The van der Waals surface area contributed by atoms with Gasteiger partial charge in [0.05, 0.1) is 0 Å². The maximum atomic E-state index is 12.4. The fourth-order valence-corrected chi connectivity index (χ4v) is 5.13. The smallest absolute Gasteiger partial charge is 0.295 e. The van der Waals surface area contributed by atoms with E-state index in [0.29, 0.717) is 11.1 Å². The van der Waals surface area contributed by atoms with Crippen molar-refractivity contribution in [2.45, 2.75) is 9.79 Å². The molecule has 4 rings (SSSR count). The van der Waals surface area contributed by atoms with Crippen molar-refractivity contribution in [1.29, 1.82) is 0 Å². The first-order chi connectivity index (χ1) is 18.9. The molecule has 10 nitrogen and oxygen atoms in total. The van der Waals surface area contributed by atoms with E-state index in [1.165, 1.54) is 36.4 Å². The van der Waals surface area contributed by atoms with Gasteiger partial charge in [0.2, 0.25) is 0 Å². The third-order valence-corrected chi connectivity index (χ3v) is 7.43. The topological polar surface area (TPSA) is 167 Å². The van der Waals surface area contributed by atoms with Crippen LogP contribution in [0.5, 0.6) is 0 Å². The molecule has 0 spiro atoms. The third-order valence-electron chi connectivity index (χ3n) is 5.61. The number of amides is 2. The standard InChI is InChI=1S/C28H22N2O8S2/c31-27(21-7-3-1-4-8-21)29-23-15-13-19(25(17-23)39(33,34)35)11-12-20-14-16-24(18-26(20)40(36,37)38)30-28(32)22-9-5-2-6-10-22/h1-18H,(H,29,31)(H,30,32)(H,33,34,35)(H,36,37,38)/b12-11+. The summed E-state index contributed by atoms with van der Waals surface area (Å²) in [7, 11) is -9.53. The molecule has 0 aliphatic rings. The molecular formula is C28H22N2O8S2. The van der Waals surface area contributed by atoms with Gasteiger partial charge in [-0.25, -0.2) is 0 Å². The Bertz CT molecular complexity index is 1690. The van der Waals surface area contributed by atoms with E-state index < -0.39 is 41.8 Å². The van der Waals surface area contributed by atoms with Crippen LogP contribution in [-0.2, 0) is 20.2 Å². The molecule has 204 valence electrons. The zero-order valence-electron chi connectivity index (χ0n) is 20.6. The van der Waals surface area contributed by atoms with E-state index in [1.54, 1.807) is 60.7 Å². The Morgan fingerprint density at radius 3 is 1.23 bits per heavy atom. The maximum Gasteiger partial charge on any atom is 0.295 e. The molecule has 0 heterocycles. The second-order valence-electron chi connectivity index (χ2n) is 8.43. The predicted octanol–water partition coefficient (Wildman–Crippen LogP) is 4.86. The van der Waals surface area contributed by atoms with Gasteiger partial charge in [0.1, 0.15) is 9.79 Å². The van der Waals surface area contributed by atoms with Crippen molar-refractivity contribution in [2.24, 2.45) is 0 Å². The number of hydrogen-bond acceptors (Lipinski definition) is 6. The summed E-state index contributed by atoms with van der Waals surface area (Å²) in [6, 6.07) is 23.9. The molecule has 0 saturated carbocycles. The van der Waals surface area contributed by atoms with Crippen molar-refractivity contribution in [3.63, 3.8) is 0 Å². The lowest BCUT2D eigenvalue weighted by molar-refractivity contribution is 0.101. The number of hydrogen-bond donors (Lipinski definition) is 4. The van der Waals surface area contributed by atoms with Gasteiger partial charge in [-0.05, 0) is 59.7 Å². The molecule has 4 N–H and O–H groups in total. The van der Waals surface area contributed by atoms with Gasteiger partial charge in [-0.3, -0.25) is 18.7 Å². The van der Waals surface area contributed by atoms with Crippen LogP contribution in [0.2, 0.25) is 0 Å². The molecule has 0 bridgehead atoms. The SMILES string of the molecule is O=C(Nc1ccc(/C=C/c2ccc(NC(=O)c3ccccc3)cc2S(=O)(=O)O)c(S(=O)(=O)O)c1)c1ccccc1. The summed E-state index contributed by atoms with van der Waals surface area (Å²) in [6.45, 7) is 0. The van der Waals surface area contributed by atoms with Crippen LogP contribution in [0.3, 0.4) is 0 Å². The molecule has 0 aromatic heterocycles. The minimum absolute atomic E-state index is 0.0250. The zero-order chi connectivity index (χ0) is 28.9. The maximum absolute atomic E-state index is 12.4. The fraction of sp³-hybridized carbons (Fsp3) is 0. The highest BCUT2D eigenvalue weighted by Crippen LogP contribution is 2.26. The molecular weight excluding hydrogens is 556 g/mol. The summed E-state index contributed by atoms with van der Waals surface area (Å²) in [5.74, 6) is -0.996. The molecule has 12 heteroatoms. The average molecular weight is 579 g/mol. The van der Waals surface area contributed by atoms with E-state index in [1.807, 2.05) is 0 Å². The molecule has 2 amide bonds. The van der Waals surface area contributed by atoms with Crippen molar-refractivity contribution in [2.75, 3.05) is 10.6 Å². The van der Waals surface area contributed by atoms with Gasteiger partial charge < -0.3 is 10.6 Å². The average Bonchev–Trinajstić information content (AvgIpc) is 2.92. The number of benzene rings is 4. The highest BCUT2D eigenvalue weighted by molar-refractivity contribution is 7.86. The fourth-order valence-electron chi connectivity index (χ4n) is 3.71. The lowest BCUT2D eigenvalue weighted by Gasteiger charge is -2.10. The van der Waals surface area contributed by atoms with Crippen LogP contribution in [0, 0.1) is 0 Å². The number of carbonyl (C=O) groups is 2. The van der Waals surface area contributed by atoms with Crippen LogP contribution < -0.4 is 10.6 Å². The van der Waals surface area contributed by atoms with E-state index in [2.05, 4.69) is 10.6 Å². The number of carbonyl (C=O) groups excluding carboxylic acids is 2. The Morgan fingerprint density at radius 1 is 0.550 bits per heavy atom. The molecule has 40 heavy (non-hydrogen) atoms. The first-order valence-electron chi connectivity index (χ1n) is 11.6. The van der Waals surface area contributed by atoms with E-state index in [9.17, 15) is 35.5 Å². The van der Waals surface area contributed by atoms with Crippen molar-refractivity contribution < 1.29 is 35.5 Å². The van der Waals surface area contributed by atoms with Crippen LogP contribution in [0.15, 0.2) is 107 Å². The second kappa shape index (κ2) is 11.6. The van der Waals surface area contributed by atoms with Crippen LogP contribution in [0.25, 0.3) is 12.2 Å². The third kappa shape index (κ3) is 7.07. The molecule has 0 saturated heterocycles. The normalized spacial score (nSPS) is 11.8. The van der Waals surface area contributed by atoms with Gasteiger partial charge in [-0.2, -0.15) is 16.8 Å². The van der Waals surface area contributed by atoms with Gasteiger partial charge >= 0.3 is 0 Å². The first-order valence-corrected chi connectivity index (χ1v) is 14.4. The molecule has 4 aromatic carbocycles. The van der Waals surface area contributed by atoms with Gasteiger partial charge in [0.25, 0.3) is 32.1 Å². The van der Waals surface area contributed by atoms with E-state index in [4.69, 9.17) is 0 Å². The highest BCUT2D eigenvalue weighted by atomic mass is 32.2. The van der Waals surface area contributed by atoms with Crippen LogP contribution in [0.4, 0.5) is 11.4 Å². The van der Waals surface area contributed by atoms with Crippen LogP contribution >= 0.6 is 0 Å². The number of nitrogens with one attached hydrogen (secondary N) is 2. The molecule has 0 unspecified atom stereocenters. The number of anilines is 2.